The van der Waals surface area contributed by atoms with Gasteiger partial charge in [0.15, 0.2) is 0 Å². The van der Waals surface area contributed by atoms with E-state index in [4.69, 9.17) is 0 Å². The molecule has 5 heteroatoms. The van der Waals surface area contributed by atoms with E-state index in [0.717, 1.165) is 22.9 Å². The number of nitrogens with one attached hydrogen (secondary N) is 2. The Morgan fingerprint density at radius 3 is 2.82 bits per heavy atom. The molecule has 2 N–H and O–H groups in total. The van der Waals surface area contributed by atoms with Gasteiger partial charge in [0, 0.05) is 36.0 Å². The number of hydrogen-bond acceptors (Lipinski definition) is 4. The van der Waals surface area contributed by atoms with Crippen LogP contribution < -0.4 is 5.32 Å². The molecule has 2 heterocycles. The maximum absolute atomic E-state index is 4.48. The molecular weight excluding hydrogens is 214 g/mol. The molecule has 0 bridgehead atoms. The van der Waals surface area contributed by atoms with Crippen molar-refractivity contribution >= 4 is 5.82 Å². The summed E-state index contributed by atoms with van der Waals surface area (Å²) in [5.41, 5.74) is 2.09. The summed E-state index contributed by atoms with van der Waals surface area (Å²) in [7, 11) is 0. The number of aryl methyl sites for hydroxylation is 1. The highest BCUT2D eigenvalue weighted by atomic mass is 15.1. The van der Waals surface area contributed by atoms with Crippen LogP contribution in [0.4, 0.5) is 5.82 Å². The molecule has 0 spiro atoms. The van der Waals surface area contributed by atoms with Crippen LogP contribution in [0.2, 0.25) is 0 Å². The quantitative estimate of drug-likeness (QED) is 0.847. The molecule has 0 radical (unpaired) electrons. The highest BCUT2D eigenvalue weighted by molar-refractivity contribution is 5.36. The maximum atomic E-state index is 4.48. The van der Waals surface area contributed by atoms with Crippen molar-refractivity contribution in [1.82, 2.24) is 20.2 Å². The summed E-state index contributed by atoms with van der Waals surface area (Å²) in [6.07, 6.45) is 3.66. The van der Waals surface area contributed by atoms with Gasteiger partial charge >= 0.3 is 0 Å². The monoisotopic (exact) mass is 231 g/mol. The minimum atomic E-state index is 0.337. The Labute approximate surface area is 101 Å². The molecule has 0 saturated heterocycles. The first-order chi connectivity index (χ1) is 8.15. The summed E-state index contributed by atoms with van der Waals surface area (Å²) < 4.78 is 0. The van der Waals surface area contributed by atoms with Crippen LogP contribution >= 0.6 is 0 Å². The fourth-order valence-corrected chi connectivity index (χ4v) is 1.51. The fraction of sp³-hybridized carbons (Fsp3) is 0.417. The molecule has 0 amide bonds. The van der Waals surface area contributed by atoms with Gasteiger partial charge < -0.3 is 5.32 Å². The highest BCUT2D eigenvalue weighted by Gasteiger charge is 2.06. The van der Waals surface area contributed by atoms with Gasteiger partial charge in [0.2, 0.25) is 0 Å². The van der Waals surface area contributed by atoms with Gasteiger partial charge in [0.1, 0.15) is 11.6 Å². The molecule has 17 heavy (non-hydrogen) atoms. The summed E-state index contributed by atoms with van der Waals surface area (Å²) in [5.74, 6) is 2.08. The average molecular weight is 231 g/mol. The number of hydrogen-bond donors (Lipinski definition) is 2. The summed E-state index contributed by atoms with van der Waals surface area (Å²) in [6, 6.07) is 1.95. The second kappa shape index (κ2) is 4.95. The van der Waals surface area contributed by atoms with E-state index in [9.17, 15) is 0 Å². The van der Waals surface area contributed by atoms with E-state index in [1.165, 1.54) is 0 Å². The van der Waals surface area contributed by atoms with Crippen LogP contribution in [0.1, 0.15) is 36.8 Å². The van der Waals surface area contributed by atoms with Crippen molar-refractivity contribution in [3.8, 4) is 0 Å². The second-order valence-corrected chi connectivity index (χ2v) is 4.37. The van der Waals surface area contributed by atoms with E-state index in [1.807, 2.05) is 19.2 Å². The van der Waals surface area contributed by atoms with E-state index in [1.54, 1.807) is 6.20 Å². The first-order valence-electron chi connectivity index (χ1n) is 5.72. The van der Waals surface area contributed by atoms with Crippen LogP contribution in [0, 0.1) is 6.92 Å². The van der Waals surface area contributed by atoms with E-state index >= 15 is 0 Å². The molecule has 0 aliphatic heterocycles. The molecule has 5 nitrogen and oxygen atoms in total. The number of aromatic nitrogens is 4. The van der Waals surface area contributed by atoms with Crippen molar-refractivity contribution < 1.29 is 0 Å². The van der Waals surface area contributed by atoms with Crippen LogP contribution in [0.25, 0.3) is 0 Å². The molecular formula is C12H17N5. The smallest absolute Gasteiger partial charge is 0.133 e. The Bertz CT molecular complexity index is 476. The van der Waals surface area contributed by atoms with Gasteiger partial charge in [-0.25, -0.2) is 9.97 Å². The molecule has 90 valence electrons. The molecule has 0 aliphatic rings. The first-order valence-corrected chi connectivity index (χ1v) is 5.72. The number of anilines is 1. The normalized spacial score (nSPS) is 10.8. The average Bonchev–Trinajstić information content (AvgIpc) is 2.78. The molecule has 0 fully saturated rings. The minimum Gasteiger partial charge on any atom is -0.366 e. The maximum Gasteiger partial charge on any atom is 0.133 e. The summed E-state index contributed by atoms with van der Waals surface area (Å²) in [4.78, 5) is 8.89. The third-order valence-corrected chi connectivity index (χ3v) is 2.42. The van der Waals surface area contributed by atoms with Crippen molar-refractivity contribution in [3.63, 3.8) is 0 Å². The predicted molar refractivity (Wildman–Crippen MR) is 66.8 cm³/mol. The predicted octanol–water partition coefficient (Wildman–Crippen LogP) is 2.24. The van der Waals surface area contributed by atoms with Crippen LogP contribution in [-0.2, 0) is 6.54 Å². The molecule has 0 unspecified atom stereocenters. The van der Waals surface area contributed by atoms with Gasteiger partial charge in [-0.15, -0.1) is 0 Å². The third kappa shape index (κ3) is 3.03. The largest absolute Gasteiger partial charge is 0.366 e. The summed E-state index contributed by atoms with van der Waals surface area (Å²) in [5, 5.41) is 9.96. The molecule has 0 aliphatic carbocycles. The van der Waals surface area contributed by atoms with Crippen molar-refractivity contribution in [3.05, 3.63) is 35.5 Å². The summed E-state index contributed by atoms with van der Waals surface area (Å²) in [6.45, 7) is 6.88. The summed E-state index contributed by atoms with van der Waals surface area (Å²) >= 11 is 0. The first kappa shape index (κ1) is 11.6. The zero-order valence-corrected chi connectivity index (χ0v) is 10.4. The van der Waals surface area contributed by atoms with Gasteiger partial charge in [-0.05, 0) is 6.92 Å². The lowest BCUT2D eigenvalue weighted by molar-refractivity contribution is 0.766. The Balaban J connectivity index is 2.10. The molecule has 2 aromatic rings. The van der Waals surface area contributed by atoms with E-state index in [-0.39, 0.29) is 0 Å². The zero-order valence-electron chi connectivity index (χ0n) is 10.4. The Morgan fingerprint density at radius 2 is 2.18 bits per heavy atom. The third-order valence-electron chi connectivity index (χ3n) is 2.42. The topological polar surface area (TPSA) is 66.5 Å². The van der Waals surface area contributed by atoms with Crippen molar-refractivity contribution in [2.24, 2.45) is 0 Å². The lowest BCUT2D eigenvalue weighted by Gasteiger charge is -2.09. The second-order valence-electron chi connectivity index (χ2n) is 4.37. The van der Waals surface area contributed by atoms with Crippen LogP contribution in [0.3, 0.4) is 0 Å². The van der Waals surface area contributed by atoms with Crippen LogP contribution in [0.15, 0.2) is 18.5 Å². The van der Waals surface area contributed by atoms with E-state index in [0.29, 0.717) is 12.5 Å². The van der Waals surface area contributed by atoms with Gasteiger partial charge in [0.05, 0.1) is 6.20 Å². The van der Waals surface area contributed by atoms with Crippen molar-refractivity contribution in [2.75, 3.05) is 5.32 Å². The van der Waals surface area contributed by atoms with Gasteiger partial charge in [0.25, 0.3) is 0 Å². The Hall–Kier alpha value is -1.91. The number of rotatable bonds is 4. The van der Waals surface area contributed by atoms with Gasteiger partial charge in [-0.2, -0.15) is 5.10 Å². The molecule has 2 aromatic heterocycles. The minimum absolute atomic E-state index is 0.337. The Kier molecular flexibility index (Phi) is 3.37. The standard InChI is InChI=1S/C12H17N5/c1-8(2)12-16-9(3)4-11(17-12)13-5-10-6-14-15-7-10/h4,6-8H,5H2,1-3H3,(H,14,15)(H,13,16,17). The number of H-pyrrole nitrogens is 1. The number of aromatic amines is 1. The van der Waals surface area contributed by atoms with Crippen LogP contribution in [0.5, 0.6) is 0 Å². The SMILES string of the molecule is Cc1cc(NCc2cn[nH]c2)nc(C(C)C)n1. The van der Waals surface area contributed by atoms with Crippen molar-refractivity contribution in [1.29, 1.82) is 0 Å². The highest BCUT2D eigenvalue weighted by Crippen LogP contribution is 2.14. The molecule has 0 atom stereocenters. The van der Waals surface area contributed by atoms with Gasteiger partial charge in [-0.1, -0.05) is 13.8 Å². The fourth-order valence-electron chi connectivity index (χ4n) is 1.51. The van der Waals surface area contributed by atoms with E-state index < -0.39 is 0 Å². The zero-order chi connectivity index (χ0) is 12.3. The van der Waals surface area contributed by atoms with Gasteiger partial charge in [-0.3, -0.25) is 5.10 Å². The van der Waals surface area contributed by atoms with Crippen molar-refractivity contribution in [2.45, 2.75) is 33.2 Å². The lowest BCUT2D eigenvalue weighted by atomic mass is 10.2. The lowest BCUT2D eigenvalue weighted by Crippen LogP contribution is -2.06. The van der Waals surface area contributed by atoms with E-state index in [2.05, 4.69) is 39.3 Å². The van der Waals surface area contributed by atoms with Crippen LogP contribution in [-0.4, -0.2) is 20.2 Å². The number of nitrogens with zero attached hydrogens (tertiary/aromatic N) is 3. The molecule has 0 saturated carbocycles. The Morgan fingerprint density at radius 1 is 1.35 bits per heavy atom. The molecule has 0 aromatic carbocycles. The molecule has 2 rings (SSSR count).